The summed E-state index contributed by atoms with van der Waals surface area (Å²) in [5, 5.41) is 26.3. The number of H-pyrrole nitrogens is 1. The van der Waals surface area contributed by atoms with Crippen molar-refractivity contribution in [3.8, 4) is 0 Å². The van der Waals surface area contributed by atoms with E-state index in [2.05, 4.69) is 30.2 Å². The fourth-order valence-corrected chi connectivity index (χ4v) is 2.42. The quantitative estimate of drug-likeness (QED) is 0.384. The Bertz CT molecular complexity index is 901. The van der Waals surface area contributed by atoms with Gasteiger partial charge in [-0.15, -0.1) is 10.2 Å². The molecule has 0 radical (unpaired) electrons. The first kappa shape index (κ1) is 17.5. The van der Waals surface area contributed by atoms with Crippen LogP contribution in [0.25, 0.3) is 11.2 Å². The number of nitrogen functional groups attached to an aromatic ring is 2. The second kappa shape index (κ2) is 7.72. The first-order valence-electron chi connectivity index (χ1n) is 7.88. The molecule has 3 aromatic rings. The number of aliphatic hydroxyl groups is 2. The molecular weight excluding hydrogens is 338 g/mol. The normalized spacial score (nSPS) is 11.5. The molecule has 0 aliphatic carbocycles. The molecular formula is C15H19N9O2. The predicted octanol–water partition coefficient (Wildman–Crippen LogP) is 0.724. The first-order valence-corrected chi connectivity index (χ1v) is 7.88. The summed E-state index contributed by atoms with van der Waals surface area (Å²) in [5.74, 6) is 0.465. The molecule has 1 aromatic carbocycles. The van der Waals surface area contributed by atoms with Crippen molar-refractivity contribution in [2.75, 3.05) is 42.7 Å². The molecule has 0 aliphatic heterocycles. The molecule has 0 unspecified atom stereocenters. The van der Waals surface area contributed by atoms with E-state index in [9.17, 15) is 0 Å². The summed E-state index contributed by atoms with van der Waals surface area (Å²) in [7, 11) is 0. The predicted molar refractivity (Wildman–Crippen MR) is 97.5 cm³/mol. The number of aromatic nitrogens is 4. The molecule has 0 saturated heterocycles. The fourth-order valence-electron chi connectivity index (χ4n) is 2.42. The number of hydrogen-bond acceptors (Lipinski definition) is 10. The van der Waals surface area contributed by atoms with Gasteiger partial charge in [0.05, 0.1) is 18.9 Å². The third-order valence-corrected chi connectivity index (χ3v) is 3.60. The van der Waals surface area contributed by atoms with Crippen molar-refractivity contribution in [3.63, 3.8) is 0 Å². The van der Waals surface area contributed by atoms with E-state index >= 15 is 0 Å². The Morgan fingerprint density at radius 3 is 2.31 bits per heavy atom. The molecule has 136 valence electrons. The molecule has 11 heteroatoms. The average Bonchev–Trinajstić information content (AvgIpc) is 3.03. The molecule has 2 aromatic heterocycles. The number of benzene rings is 1. The lowest BCUT2D eigenvalue weighted by atomic mass is 10.2. The summed E-state index contributed by atoms with van der Waals surface area (Å²) < 4.78 is 0. The minimum atomic E-state index is 0.00402. The van der Waals surface area contributed by atoms with Crippen molar-refractivity contribution in [2.45, 2.75) is 0 Å². The van der Waals surface area contributed by atoms with Crippen LogP contribution in [0.5, 0.6) is 0 Å². The van der Waals surface area contributed by atoms with Crippen LogP contribution in [-0.2, 0) is 0 Å². The van der Waals surface area contributed by atoms with Gasteiger partial charge in [-0.3, -0.25) is 0 Å². The number of nitrogens with one attached hydrogen (secondary N) is 1. The Labute approximate surface area is 148 Å². The van der Waals surface area contributed by atoms with E-state index in [-0.39, 0.29) is 30.9 Å². The molecule has 7 N–H and O–H groups in total. The van der Waals surface area contributed by atoms with Crippen LogP contribution in [-0.4, -0.2) is 56.5 Å². The van der Waals surface area contributed by atoms with Gasteiger partial charge in [-0.1, -0.05) is 0 Å². The Hall–Kier alpha value is -3.31. The van der Waals surface area contributed by atoms with E-state index in [4.69, 9.17) is 21.7 Å². The fraction of sp³-hybridized carbons (Fsp3) is 0.267. The molecule has 0 atom stereocenters. The number of aliphatic hydroxyl groups excluding tert-OH is 2. The Morgan fingerprint density at radius 2 is 1.65 bits per heavy atom. The van der Waals surface area contributed by atoms with Crippen LogP contribution >= 0.6 is 0 Å². The highest BCUT2D eigenvalue weighted by Gasteiger charge is 2.09. The third kappa shape index (κ3) is 3.84. The number of imidazole rings is 1. The van der Waals surface area contributed by atoms with Gasteiger partial charge in [0.2, 0.25) is 11.9 Å². The van der Waals surface area contributed by atoms with E-state index in [1.165, 1.54) is 0 Å². The highest BCUT2D eigenvalue weighted by molar-refractivity contribution is 5.83. The van der Waals surface area contributed by atoms with Crippen LogP contribution < -0.4 is 16.4 Å². The topological polar surface area (TPSA) is 175 Å². The summed E-state index contributed by atoms with van der Waals surface area (Å²) in [6, 6.07) is 7.22. The maximum absolute atomic E-state index is 9.09. The Morgan fingerprint density at radius 1 is 0.962 bits per heavy atom. The highest BCUT2D eigenvalue weighted by Crippen LogP contribution is 2.23. The van der Waals surface area contributed by atoms with Crippen LogP contribution in [0.1, 0.15) is 0 Å². The molecule has 0 spiro atoms. The molecule has 0 bridgehead atoms. The first-order chi connectivity index (χ1) is 12.6. The zero-order valence-corrected chi connectivity index (χ0v) is 13.9. The summed E-state index contributed by atoms with van der Waals surface area (Å²) in [4.78, 5) is 16.7. The van der Waals surface area contributed by atoms with Gasteiger partial charge >= 0.3 is 0 Å². The maximum atomic E-state index is 9.09. The monoisotopic (exact) mass is 357 g/mol. The van der Waals surface area contributed by atoms with E-state index in [0.717, 1.165) is 5.69 Å². The van der Waals surface area contributed by atoms with E-state index in [1.807, 2.05) is 17.0 Å². The van der Waals surface area contributed by atoms with Gasteiger partial charge in [0, 0.05) is 18.8 Å². The SMILES string of the molecule is Nc1nc(N)c2[nH]c(N=Nc3ccc(N(CCO)CCO)cc3)nc2n1. The summed E-state index contributed by atoms with van der Waals surface area (Å²) in [5.41, 5.74) is 13.5. The van der Waals surface area contributed by atoms with E-state index in [0.29, 0.717) is 29.9 Å². The third-order valence-electron chi connectivity index (χ3n) is 3.60. The summed E-state index contributed by atoms with van der Waals surface area (Å²) >= 11 is 0. The minimum Gasteiger partial charge on any atom is -0.395 e. The van der Waals surface area contributed by atoms with Gasteiger partial charge in [-0.2, -0.15) is 15.0 Å². The Kier molecular flexibility index (Phi) is 5.20. The van der Waals surface area contributed by atoms with Crippen molar-refractivity contribution in [1.29, 1.82) is 0 Å². The second-order valence-corrected chi connectivity index (χ2v) is 5.38. The number of aromatic amines is 1. The average molecular weight is 357 g/mol. The summed E-state index contributed by atoms with van der Waals surface area (Å²) in [6.07, 6.45) is 0. The number of hydrogen-bond donors (Lipinski definition) is 5. The number of azo groups is 1. The standard InChI is InChI=1S/C15H19N9O2/c16-12-11-13(20-14(17)19-12)21-15(18-11)23-22-9-1-3-10(4-2-9)24(5-7-25)6-8-26/h1-4,25-26H,5-8H2,(H5,16,17,18,19,20,21). The molecule has 0 aliphatic rings. The molecule has 0 amide bonds. The molecule has 2 heterocycles. The van der Waals surface area contributed by atoms with Crippen molar-refractivity contribution >= 4 is 40.3 Å². The van der Waals surface area contributed by atoms with Crippen molar-refractivity contribution < 1.29 is 10.2 Å². The highest BCUT2D eigenvalue weighted by atomic mass is 16.3. The van der Waals surface area contributed by atoms with Crippen LogP contribution in [0.3, 0.4) is 0 Å². The number of rotatable bonds is 7. The van der Waals surface area contributed by atoms with E-state index in [1.54, 1.807) is 12.1 Å². The van der Waals surface area contributed by atoms with Gasteiger partial charge in [-0.05, 0) is 24.3 Å². The van der Waals surface area contributed by atoms with Crippen molar-refractivity contribution in [1.82, 2.24) is 19.9 Å². The lowest BCUT2D eigenvalue weighted by Gasteiger charge is -2.22. The van der Waals surface area contributed by atoms with Crippen molar-refractivity contribution in [2.24, 2.45) is 10.2 Å². The molecule has 0 saturated carbocycles. The maximum Gasteiger partial charge on any atom is 0.249 e. The lowest BCUT2D eigenvalue weighted by molar-refractivity contribution is 0.281. The molecule has 3 rings (SSSR count). The number of anilines is 3. The molecule has 26 heavy (non-hydrogen) atoms. The largest absolute Gasteiger partial charge is 0.395 e. The summed E-state index contributed by atoms with van der Waals surface area (Å²) in [6.45, 7) is 0.881. The number of nitrogens with zero attached hydrogens (tertiary/aromatic N) is 6. The van der Waals surface area contributed by atoms with Gasteiger partial charge in [0.15, 0.2) is 11.5 Å². The van der Waals surface area contributed by atoms with Crippen LogP contribution in [0.15, 0.2) is 34.5 Å². The van der Waals surface area contributed by atoms with Gasteiger partial charge in [-0.25, -0.2) is 0 Å². The number of nitrogens with two attached hydrogens (primary N) is 2. The number of fused-ring (bicyclic) bond motifs is 1. The Balaban J connectivity index is 1.77. The van der Waals surface area contributed by atoms with Gasteiger partial charge < -0.3 is 31.6 Å². The zero-order valence-electron chi connectivity index (χ0n) is 13.9. The molecule has 11 nitrogen and oxygen atoms in total. The van der Waals surface area contributed by atoms with Crippen LogP contribution in [0.4, 0.5) is 29.1 Å². The van der Waals surface area contributed by atoms with Gasteiger partial charge in [0.25, 0.3) is 0 Å². The van der Waals surface area contributed by atoms with Crippen molar-refractivity contribution in [3.05, 3.63) is 24.3 Å². The zero-order chi connectivity index (χ0) is 18.5. The molecule has 0 fully saturated rings. The van der Waals surface area contributed by atoms with Crippen LogP contribution in [0, 0.1) is 0 Å². The minimum absolute atomic E-state index is 0.00402. The van der Waals surface area contributed by atoms with E-state index < -0.39 is 0 Å². The van der Waals surface area contributed by atoms with Crippen LogP contribution in [0.2, 0.25) is 0 Å². The smallest absolute Gasteiger partial charge is 0.249 e. The second-order valence-electron chi connectivity index (χ2n) is 5.38. The lowest BCUT2D eigenvalue weighted by Crippen LogP contribution is -2.29. The van der Waals surface area contributed by atoms with Gasteiger partial charge in [0.1, 0.15) is 5.52 Å².